The normalized spacial score (nSPS) is 13.7. The van der Waals surface area contributed by atoms with Gasteiger partial charge in [0, 0.05) is 43.2 Å². The summed E-state index contributed by atoms with van der Waals surface area (Å²) >= 11 is 3.28. The van der Waals surface area contributed by atoms with Gasteiger partial charge in [-0.15, -0.1) is 11.3 Å². The average Bonchev–Trinajstić information content (AvgIpc) is 3.28. The van der Waals surface area contributed by atoms with Crippen molar-refractivity contribution >= 4 is 46.5 Å². The number of nitrogens with zero attached hydrogens (tertiary/aromatic N) is 1. The molecule has 0 saturated carbocycles. The van der Waals surface area contributed by atoms with Crippen LogP contribution in [0.2, 0.25) is 0 Å². The number of amides is 3. The molecule has 1 aliphatic rings. The van der Waals surface area contributed by atoms with Crippen molar-refractivity contribution in [2.24, 2.45) is 0 Å². The lowest BCUT2D eigenvalue weighted by atomic mass is 10.1. The number of nitrogens with one attached hydrogen (secondary N) is 2. The highest BCUT2D eigenvalue weighted by Crippen LogP contribution is 2.14. The Labute approximate surface area is 179 Å². The molecule has 29 heavy (non-hydrogen) atoms. The molecule has 2 heterocycles. The van der Waals surface area contributed by atoms with Gasteiger partial charge in [0.25, 0.3) is 5.91 Å². The van der Waals surface area contributed by atoms with Crippen molar-refractivity contribution in [2.75, 3.05) is 36.5 Å². The monoisotopic (exact) mass is 431 g/mol. The summed E-state index contributed by atoms with van der Waals surface area (Å²) in [6, 6.07) is 11.0. The number of hydrogen-bond donors (Lipinski definition) is 2. The highest BCUT2D eigenvalue weighted by molar-refractivity contribution is 7.99. The van der Waals surface area contributed by atoms with Gasteiger partial charge in [-0.25, -0.2) is 0 Å². The molecule has 0 radical (unpaired) electrons. The molecular formula is C21H25N3O3S2. The van der Waals surface area contributed by atoms with E-state index in [1.54, 1.807) is 6.07 Å². The number of thioether (sulfide) groups is 1. The summed E-state index contributed by atoms with van der Waals surface area (Å²) in [6.07, 6.45) is 1.30. The molecule has 154 valence electrons. The molecule has 0 unspecified atom stereocenters. The van der Waals surface area contributed by atoms with E-state index in [0.717, 1.165) is 30.2 Å². The van der Waals surface area contributed by atoms with Crippen molar-refractivity contribution in [2.45, 2.75) is 19.3 Å². The molecule has 2 aromatic rings. The molecule has 0 atom stereocenters. The number of thiophene rings is 1. The Morgan fingerprint density at radius 1 is 1.03 bits per heavy atom. The minimum Gasteiger partial charge on any atom is -0.351 e. The van der Waals surface area contributed by atoms with E-state index < -0.39 is 0 Å². The highest BCUT2D eigenvalue weighted by atomic mass is 32.2. The van der Waals surface area contributed by atoms with Gasteiger partial charge >= 0.3 is 0 Å². The number of hydrogen-bond acceptors (Lipinski definition) is 5. The lowest BCUT2D eigenvalue weighted by Crippen LogP contribution is -2.38. The Morgan fingerprint density at radius 3 is 2.48 bits per heavy atom. The molecule has 1 saturated heterocycles. The van der Waals surface area contributed by atoms with E-state index in [1.807, 2.05) is 52.4 Å². The van der Waals surface area contributed by atoms with Crippen LogP contribution < -0.4 is 10.6 Å². The highest BCUT2D eigenvalue weighted by Gasteiger charge is 2.16. The van der Waals surface area contributed by atoms with Crippen molar-refractivity contribution in [3.05, 3.63) is 52.2 Å². The molecule has 0 aliphatic carbocycles. The van der Waals surface area contributed by atoms with Gasteiger partial charge in [-0.2, -0.15) is 11.8 Å². The van der Waals surface area contributed by atoms with Crippen molar-refractivity contribution < 1.29 is 14.4 Å². The van der Waals surface area contributed by atoms with E-state index in [9.17, 15) is 14.4 Å². The third-order valence-corrected chi connectivity index (χ3v) is 6.38. The quantitative estimate of drug-likeness (QED) is 0.630. The number of anilines is 1. The molecule has 8 heteroatoms. The maximum absolute atomic E-state index is 12.3. The number of carbonyl (C=O) groups excluding carboxylic acids is 3. The summed E-state index contributed by atoms with van der Waals surface area (Å²) in [7, 11) is 0. The fourth-order valence-electron chi connectivity index (χ4n) is 2.97. The zero-order chi connectivity index (χ0) is 20.5. The molecule has 1 aliphatic heterocycles. The summed E-state index contributed by atoms with van der Waals surface area (Å²) < 4.78 is 0. The molecular weight excluding hydrogens is 406 g/mol. The summed E-state index contributed by atoms with van der Waals surface area (Å²) in [5, 5.41) is 7.52. The second-order valence-electron chi connectivity index (χ2n) is 6.75. The van der Waals surface area contributed by atoms with Gasteiger partial charge in [-0.3, -0.25) is 14.4 Å². The number of carbonyl (C=O) groups is 3. The first-order valence-electron chi connectivity index (χ1n) is 9.68. The standard InChI is InChI=1S/C21H25N3O3S2/c25-19(4-1-9-22-21(27)18-3-2-12-29-18)23-17-7-5-16(6-8-17)15-20(26)24-10-13-28-14-11-24/h2-3,5-8,12H,1,4,9-11,13-15H2,(H,22,27)(H,23,25). The van der Waals surface area contributed by atoms with Crippen LogP contribution in [0.4, 0.5) is 5.69 Å². The molecule has 6 nitrogen and oxygen atoms in total. The lowest BCUT2D eigenvalue weighted by Gasteiger charge is -2.26. The van der Waals surface area contributed by atoms with E-state index in [2.05, 4.69) is 10.6 Å². The third-order valence-electron chi connectivity index (χ3n) is 4.57. The molecule has 0 bridgehead atoms. The summed E-state index contributed by atoms with van der Waals surface area (Å²) in [5.41, 5.74) is 1.66. The van der Waals surface area contributed by atoms with Crippen LogP contribution >= 0.6 is 23.1 Å². The fourth-order valence-corrected chi connectivity index (χ4v) is 4.52. The Kier molecular flexibility index (Phi) is 8.13. The first kappa shape index (κ1) is 21.4. The summed E-state index contributed by atoms with van der Waals surface area (Å²) in [4.78, 5) is 38.8. The second-order valence-corrected chi connectivity index (χ2v) is 8.92. The minimum atomic E-state index is -0.103. The zero-order valence-corrected chi connectivity index (χ0v) is 17.8. The Morgan fingerprint density at radius 2 is 1.79 bits per heavy atom. The number of rotatable bonds is 8. The topological polar surface area (TPSA) is 78.5 Å². The van der Waals surface area contributed by atoms with Gasteiger partial charge in [0.1, 0.15) is 0 Å². The van der Waals surface area contributed by atoms with Crippen molar-refractivity contribution in [3.63, 3.8) is 0 Å². The molecule has 3 amide bonds. The Bertz CT molecular complexity index is 816. The van der Waals surface area contributed by atoms with Crippen LogP contribution in [0.1, 0.15) is 28.1 Å². The molecule has 3 rings (SSSR count). The zero-order valence-electron chi connectivity index (χ0n) is 16.2. The molecule has 1 aromatic heterocycles. The molecule has 1 fully saturated rings. The van der Waals surface area contributed by atoms with Crippen molar-refractivity contribution in [1.82, 2.24) is 10.2 Å². The van der Waals surface area contributed by atoms with E-state index in [0.29, 0.717) is 36.4 Å². The predicted octanol–water partition coefficient (Wildman–Crippen LogP) is 3.01. The van der Waals surface area contributed by atoms with E-state index in [-0.39, 0.29) is 17.7 Å². The second kappa shape index (κ2) is 11.0. The van der Waals surface area contributed by atoms with Crippen LogP contribution in [0.3, 0.4) is 0 Å². The van der Waals surface area contributed by atoms with Gasteiger partial charge in [0.05, 0.1) is 11.3 Å². The first-order chi connectivity index (χ1) is 14.1. The van der Waals surface area contributed by atoms with Crippen LogP contribution in [0.15, 0.2) is 41.8 Å². The van der Waals surface area contributed by atoms with E-state index in [4.69, 9.17) is 0 Å². The first-order valence-corrected chi connectivity index (χ1v) is 11.7. The lowest BCUT2D eigenvalue weighted by molar-refractivity contribution is -0.130. The van der Waals surface area contributed by atoms with Gasteiger partial charge in [0.15, 0.2) is 0 Å². The van der Waals surface area contributed by atoms with Gasteiger partial charge < -0.3 is 15.5 Å². The Balaban J connectivity index is 1.36. The van der Waals surface area contributed by atoms with Crippen LogP contribution in [0.5, 0.6) is 0 Å². The maximum Gasteiger partial charge on any atom is 0.261 e. The van der Waals surface area contributed by atoms with Crippen molar-refractivity contribution in [1.29, 1.82) is 0 Å². The van der Waals surface area contributed by atoms with Crippen LogP contribution in [0, 0.1) is 0 Å². The predicted molar refractivity (Wildman–Crippen MR) is 119 cm³/mol. The van der Waals surface area contributed by atoms with Crippen LogP contribution in [-0.2, 0) is 16.0 Å². The van der Waals surface area contributed by atoms with Crippen LogP contribution in [-0.4, -0.2) is 53.8 Å². The summed E-state index contributed by atoms with van der Waals surface area (Å²) in [5.74, 6) is 1.98. The summed E-state index contributed by atoms with van der Waals surface area (Å²) in [6.45, 7) is 2.11. The van der Waals surface area contributed by atoms with Crippen LogP contribution in [0.25, 0.3) is 0 Å². The van der Waals surface area contributed by atoms with Gasteiger partial charge in [-0.1, -0.05) is 18.2 Å². The number of benzene rings is 1. The van der Waals surface area contributed by atoms with Gasteiger partial charge in [0.2, 0.25) is 11.8 Å². The fraction of sp³-hybridized carbons (Fsp3) is 0.381. The smallest absolute Gasteiger partial charge is 0.261 e. The Hall–Kier alpha value is -2.32. The van der Waals surface area contributed by atoms with E-state index in [1.165, 1.54) is 11.3 Å². The maximum atomic E-state index is 12.3. The largest absolute Gasteiger partial charge is 0.351 e. The van der Waals surface area contributed by atoms with E-state index >= 15 is 0 Å². The average molecular weight is 432 g/mol. The molecule has 1 aromatic carbocycles. The van der Waals surface area contributed by atoms with Crippen molar-refractivity contribution in [3.8, 4) is 0 Å². The molecule has 0 spiro atoms. The molecule has 2 N–H and O–H groups in total. The van der Waals surface area contributed by atoms with Gasteiger partial charge in [-0.05, 0) is 35.6 Å². The minimum absolute atomic E-state index is 0.0926. The SMILES string of the molecule is O=C(CCCNC(=O)c1cccs1)Nc1ccc(CC(=O)N2CCSCC2)cc1. The third kappa shape index (κ3) is 6.90.